The number of hydrogen-bond donors (Lipinski definition) is 1. The first-order chi connectivity index (χ1) is 8.89. The average Bonchev–Trinajstić information content (AvgIpc) is 2.85. The Balaban J connectivity index is 1.84. The summed E-state index contributed by atoms with van der Waals surface area (Å²) in [5, 5.41) is 5.13. The lowest BCUT2D eigenvalue weighted by Gasteiger charge is -2.23. The van der Waals surface area contributed by atoms with Crippen LogP contribution < -0.4 is 10.0 Å². The van der Waals surface area contributed by atoms with E-state index in [9.17, 15) is 17.2 Å². The molecule has 5 nitrogen and oxygen atoms in total. The number of anilines is 1. The molecule has 3 rings (SSSR count). The Morgan fingerprint density at radius 1 is 1.37 bits per heavy atom. The van der Waals surface area contributed by atoms with Gasteiger partial charge in [0.05, 0.1) is 5.69 Å². The number of primary sulfonamides is 1. The van der Waals surface area contributed by atoms with Gasteiger partial charge in [-0.05, 0) is 17.9 Å². The highest BCUT2D eigenvalue weighted by atomic mass is 32.2. The molecular weight excluding hydrogens is 276 g/mol. The van der Waals surface area contributed by atoms with E-state index in [4.69, 9.17) is 5.14 Å². The number of fused-ring (bicyclic) bond motifs is 1. The Morgan fingerprint density at radius 3 is 2.53 bits per heavy atom. The zero-order valence-electron chi connectivity index (χ0n) is 9.91. The summed E-state index contributed by atoms with van der Waals surface area (Å²) >= 11 is 0. The third-order valence-corrected chi connectivity index (χ3v) is 4.89. The van der Waals surface area contributed by atoms with Crippen molar-refractivity contribution in [2.24, 2.45) is 22.9 Å². The van der Waals surface area contributed by atoms with E-state index in [1.807, 2.05) is 0 Å². The zero-order chi connectivity index (χ0) is 13.8. The molecule has 0 aromatic carbocycles. The molecule has 0 bridgehead atoms. The van der Waals surface area contributed by atoms with Gasteiger partial charge in [-0.1, -0.05) is 0 Å². The number of aromatic nitrogens is 1. The largest absolute Gasteiger partial charge is 0.370 e. The number of halogens is 2. The van der Waals surface area contributed by atoms with Gasteiger partial charge in [0.2, 0.25) is 16.4 Å². The first-order valence-electron chi connectivity index (χ1n) is 5.89. The number of piperidine rings is 1. The lowest BCUT2D eigenvalue weighted by Crippen LogP contribution is -2.28. The van der Waals surface area contributed by atoms with E-state index in [2.05, 4.69) is 4.98 Å². The Labute approximate surface area is 109 Å². The molecule has 1 saturated heterocycles. The Hall–Kier alpha value is -1.28. The normalized spacial score (nSPS) is 29.7. The summed E-state index contributed by atoms with van der Waals surface area (Å²) < 4.78 is 48.1. The molecule has 1 aromatic rings. The van der Waals surface area contributed by atoms with Crippen LogP contribution in [0.2, 0.25) is 0 Å². The van der Waals surface area contributed by atoms with Crippen molar-refractivity contribution in [1.29, 1.82) is 0 Å². The van der Waals surface area contributed by atoms with Gasteiger partial charge in [0.1, 0.15) is 4.90 Å². The smallest absolute Gasteiger partial charge is 0.242 e. The van der Waals surface area contributed by atoms with Gasteiger partial charge in [-0.3, -0.25) is 4.98 Å². The topological polar surface area (TPSA) is 76.3 Å². The quantitative estimate of drug-likeness (QED) is 0.887. The fourth-order valence-electron chi connectivity index (χ4n) is 3.00. The highest BCUT2D eigenvalue weighted by molar-refractivity contribution is 7.89. The predicted octanol–water partition coefficient (Wildman–Crippen LogP) is 0.676. The number of rotatable bonds is 3. The Kier molecular flexibility index (Phi) is 2.75. The maximum Gasteiger partial charge on any atom is 0.242 e. The number of nitrogens with zero attached hydrogens (tertiary/aromatic N) is 2. The van der Waals surface area contributed by atoms with E-state index < -0.39 is 22.4 Å². The summed E-state index contributed by atoms with van der Waals surface area (Å²) in [5.41, 5.74) is 0.456. The van der Waals surface area contributed by atoms with Gasteiger partial charge in [0.15, 0.2) is 0 Å². The average molecular weight is 289 g/mol. The maximum absolute atomic E-state index is 12.6. The molecule has 0 radical (unpaired) electrons. The third-order valence-electron chi connectivity index (χ3n) is 3.96. The van der Waals surface area contributed by atoms with Crippen molar-refractivity contribution in [1.82, 2.24) is 4.98 Å². The maximum atomic E-state index is 12.6. The minimum Gasteiger partial charge on any atom is -0.370 e. The molecule has 2 heterocycles. The van der Waals surface area contributed by atoms with Gasteiger partial charge in [0, 0.05) is 31.4 Å². The van der Waals surface area contributed by atoms with Crippen LogP contribution in [0.1, 0.15) is 0 Å². The summed E-state index contributed by atoms with van der Waals surface area (Å²) in [6.45, 7) is 0.901. The first kappa shape index (κ1) is 12.7. The summed E-state index contributed by atoms with van der Waals surface area (Å²) in [6, 6.07) is 1.56. The van der Waals surface area contributed by atoms with Crippen LogP contribution in [-0.4, -0.2) is 32.9 Å². The third kappa shape index (κ3) is 2.08. The molecule has 1 saturated carbocycles. The molecule has 1 aromatic heterocycles. The van der Waals surface area contributed by atoms with Crippen molar-refractivity contribution in [2.45, 2.75) is 11.3 Å². The molecule has 104 valence electrons. The molecule has 0 spiro atoms. The van der Waals surface area contributed by atoms with Gasteiger partial charge in [-0.15, -0.1) is 0 Å². The van der Waals surface area contributed by atoms with E-state index >= 15 is 0 Å². The van der Waals surface area contributed by atoms with Crippen molar-refractivity contribution >= 4 is 15.7 Å². The molecule has 1 aliphatic carbocycles. The SMILES string of the molecule is NS(=O)(=O)c1cnccc1N1C[C@@H]2C(C(F)F)[C@@H]2C1. The van der Waals surface area contributed by atoms with Crippen LogP contribution in [-0.2, 0) is 10.0 Å². The molecular formula is C11H13F2N3O2S. The Bertz CT molecular complexity index is 596. The minimum atomic E-state index is -3.86. The molecule has 0 amide bonds. The standard InChI is InChI=1S/C11H13F2N3O2S/c12-11(13)10-6-4-16(5-7(6)10)8-1-2-15-3-9(8)19(14,17)18/h1-3,6-7,10-11H,4-5H2,(H2,14,17,18)/t6-,7+,10?. The molecule has 8 heteroatoms. The van der Waals surface area contributed by atoms with Crippen molar-refractivity contribution < 1.29 is 17.2 Å². The highest BCUT2D eigenvalue weighted by Crippen LogP contribution is 2.55. The fourth-order valence-corrected chi connectivity index (χ4v) is 3.69. The second-order valence-corrected chi connectivity index (χ2v) is 6.56. The number of hydrogen-bond acceptors (Lipinski definition) is 4. The second-order valence-electron chi connectivity index (χ2n) is 5.03. The lowest BCUT2D eigenvalue weighted by molar-refractivity contribution is 0.109. The summed E-state index contributed by atoms with van der Waals surface area (Å²) in [7, 11) is -3.86. The van der Waals surface area contributed by atoms with Crippen LogP contribution in [0.25, 0.3) is 0 Å². The van der Waals surface area contributed by atoms with E-state index in [0.717, 1.165) is 0 Å². The number of alkyl halides is 2. The summed E-state index contributed by atoms with van der Waals surface area (Å²) in [4.78, 5) is 5.50. The lowest BCUT2D eigenvalue weighted by atomic mass is 10.2. The highest BCUT2D eigenvalue weighted by Gasteiger charge is 2.60. The fraction of sp³-hybridized carbons (Fsp3) is 0.545. The first-order valence-corrected chi connectivity index (χ1v) is 7.44. The summed E-state index contributed by atoms with van der Waals surface area (Å²) in [5.74, 6) is -0.612. The van der Waals surface area contributed by atoms with Crippen LogP contribution in [0.5, 0.6) is 0 Å². The monoisotopic (exact) mass is 289 g/mol. The Morgan fingerprint density at radius 2 is 2.00 bits per heavy atom. The van der Waals surface area contributed by atoms with Crippen LogP contribution in [0.3, 0.4) is 0 Å². The number of pyridine rings is 1. The van der Waals surface area contributed by atoms with E-state index in [-0.39, 0.29) is 16.7 Å². The van der Waals surface area contributed by atoms with Crippen LogP contribution in [0, 0.1) is 17.8 Å². The second kappa shape index (κ2) is 4.11. The summed E-state index contributed by atoms with van der Waals surface area (Å²) in [6.07, 6.45) is 0.380. The van der Waals surface area contributed by atoms with E-state index in [1.54, 1.807) is 11.0 Å². The molecule has 1 aliphatic heterocycles. The molecule has 1 unspecified atom stereocenters. The minimum absolute atomic E-state index is 0.0403. The van der Waals surface area contributed by atoms with Crippen molar-refractivity contribution in [3.8, 4) is 0 Å². The van der Waals surface area contributed by atoms with Crippen molar-refractivity contribution in [3.63, 3.8) is 0 Å². The van der Waals surface area contributed by atoms with Gasteiger partial charge >= 0.3 is 0 Å². The van der Waals surface area contributed by atoms with Gasteiger partial charge in [-0.25, -0.2) is 22.3 Å². The predicted molar refractivity (Wildman–Crippen MR) is 64.3 cm³/mol. The number of sulfonamides is 1. The zero-order valence-corrected chi connectivity index (χ0v) is 10.7. The molecule has 19 heavy (non-hydrogen) atoms. The molecule has 2 aliphatic rings. The van der Waals surface area contributed by atoms with Gasteiger partial charge in [-0.2, -0.15) is 0 Å². The van der Waals surface area contributed by atoms with Gasteiger partial charge in [0.25, 0.3) is 0 Å². The van der Waals surface area contributed by atoms with E-state index in [0.29, 0.717) is 18.8 Å². The van der Waals surface area contributed by atoms with Crippen LogP contribution in [0.4, 0.5) is 14.5 Å². The van der Waals surface area contributed by atoms with Crippen molar-refractivity contribution in [2.75, 3.05) is 18.0 Å². The van der Waals surface area contributed by atoms with Crippen LogP contribution in [0.15, 0.2) is 23.4 Å². The number of nitrogens with two attached hydrogens (primary N) is 1. The van der Waals surface area contributed by atoms with Gasteiger partial charge < -0.3 is 4.90 Å². The molecule has 2 fully saturated rings. The van der Waals surface area contributed by atoms with E-state index in [1.165, 1.54) is 12.4 Å². The molecule has 2 N–H and O–H groups in total. The molecule has 3 atom stereocenters. The van der Waals surface area contributed by atoms with Crippen molar-refractivity contribution in [3.05, 3.63) is 18.5 Å². The van der Waals surface area contributed by atoms with Crippen LogP contribution >= 0.6 is 0 Å².